The number of hydrogen-bond donors (Lipinski definition) is 2. The molecular weight excluding hydrogens is 637 g/mol. The second-order valence-corrected chi connectivity index (χ2v) is 11.2. The number of carbonyl (C=O) groups is 3. The lowest BCUT2D eigenvalue weighted by atomic mass is 10.2. The number of fused-ring (bicyclic) bond motifs is 1. The average Bonchev–Trinajstić information content (AvgIpc) is 3.37. The van der Waals surface area contributed by atoms with Crippen LogP contribution in [0.2, 0.25) is 10.0 Å². The lowest BCUT2D eigenvalue weighted by molar-refractivity contribution is 0.0728. The minimum absolute atomic E-state index is 0.241. The Kier molecular flexibility index (Phi) is 9.99. The van der Waals surface area contributed by atoms with Gasteiger partial charge < -0.3 is 19.5 Å². The van der Waals surface area contributed by atoms with Gasteiger partial charge in [0.2, 0.25) is 0 Å². The SMILES string of the molecule is CCOc1cc(/C=N\NC(=O)c2ccc(NC(=O)c3sc4cc(Cl)ccc4c3Cl)cc2)ccc1OC(=O)c1ccc(OC)cc1. The van der Waals surface area contributed by atoms with Crippen molar-refractivity contribution in [2.45, 2.75) is 6.92 Å². The fourth-order valence-electron chi connectivity index (χ4n) is 4.15. The Balaban J connectivity index is 1.19. The largest absolute Gasteiger partial charge is 0.497 e. The van der Waals surface area contributed by atoms with E-state index in [4.69, 9.17) is 37.4 Å². The zero-order chi connectivity index (χ0) is 31.9. The summed E-state index contributed by atoms with van der Waals surface area (Å²) in [6.07, 6.45) is 1.44. The summed E-state index contributed by atoms with van der Waals surface area (Å²) in [6, 6.07) is 23.0. The zero-order valence-corrected chi connectivity index (χ0v) is 26.3. The quantitative estimate of drug-likeness (QED) is 0.0682. The van der Waals surface area contributed by atoms with Gasteiger partial charge >= 0.3 is 5.97 Å². The Morgan fingerprint density at radius 1 is 0.867 bits per heavy atom. The third-order valence-corrected chi connectivity index (χ3v) is 8.27. The van der Waals surface area contributed by atoms with Crippen molar-refractivity contribution in [2.75, 3.05) is 19.0 Å². The molecule has 0 atom stereocenters. The average molecular weight is 663 g/mol. The third kappa shape index (κ3) is 7.61. The number of rotatable bonds is 10. The molecular formula is C33H25Cl2N3O6S. The number of ether oxygens (including phenoxy) is 3. The van der Waals surface area contributed by atoms with E-state index >= 15 is 0 Å². The van der Waals surface area contributed by atoms with Crippen LogP contribution >= 0.6 is 34.5 Å². The maximum absolute atomic E-state index is 12.9. The van der Waals surface area contributed by atoms with Crippen LogP contribution in [0.3, 0.4) is 0 Å². The number of amides is 2. The topological polar surface area (TPSA) is 115 Å². The van der Waals surface area contributed by atoms with E-state index in [0.717, 1.165) is 10.1 Å². The molecule has 0 aliphatic carbocycles. The smallest absolute Gasteiger partial charge is 0.343 e. The highest BCUT2D eigenvalue weighted by Crippen LogP contribution is 2.37. The second-order valence-electron chi connectivity index (χ2n) is 9.37. The molecule has 2 amide bonds. The van der Waals surface area contributed by atoms with Crippen molar-refractivity contribution < 1.29 is 28.6 Å². The number of methoxy groups -OCH3 is 1. The Morgan fingerprint density at radius 3 is 2.31 bits per heavy atom. The van der Waals surface area contributed by atoms with Gasteiger partial charge in [-0.1, -0.05) is 29.3 Å². The number of nitrogens with one attached hydrogen (secondary N) is 2. The summed E-state index contributed by atoms with van der Waals surface area (Å²) >= 11 is 13.7. The predicted molar refractivity (Wildman–Crippen MR) is 177 cm³/mol. The number of halogens is 2. The van der Waals surface area contributed by atoms with Gasteiger partial charge in [0.1, 0.15) is 10.6 Å². The number of benzene rings is 4. The summed E-state index contributed by atoms with van der Waals surface area (Å²) in [6.45, 7) is 2.15. The number of thiophene rings is 1. The molecule has 5 rings (SSSR count). The molecule has 2 N–H and O–H groups in total. The Morgan fingerprint density at radius 2 is 1.60 bits per heavy atom. The highest BCUT2D eigenvalue weighted by Gasteiger charge is 2.18. The Hall–Kier alpha value is -4.90. The highest BCUT2D eigenvalue weighted by molar-refractivity contribution is 7.21. The van der Waals surface area contributed by atoms with Crippen LogP contribution in [0.1, 0.15) is 42.9 Å². The van der Waals surface area contributed by atoms with Gasteiger partial charge in [0.25, 0.3) is 11.8 Å². The number of nitrogens with zero attached hydrogens (tertiary/aromatic N) is 1. The molecule has 0 fully saturated rings. The molecule has 1 heterocycles. The summed E-state index contributed by atoms with van der Waals surface area (Å²) in [5, 5.41) is 8.49. The molecule has 0 aliphatic rings. The molecule has 0 bridgehead atoms. The Labute approximate surface area is 272 Å². The molecule has 0 saturated carbocycles. The lowest BCUT2D eigenvalue weighted by Gasteiger charge is -2.11. The van der Waals surface area contributed by atoms with E-state index in [0.29, 0.717) is 55.4 Å². The monoisotopic (exact) mass is 661 g/mol. The maximum atomic E-state index is 12.9. The lowest BCUT2D eigenvalue weighted by Crippen LogP contribution is -2.17. The molecule has 12 heteroatoms. The number of hydrazone groups is 1. The van der Waals surface area contributed by atoms with Crippen LogP contribution in [-0.4, -0.2) is 37.7 Å². The van der Waals surface area contributed by atoms with E-state index < -0.39 is 11.9 Å². The van der Waals surface area contributed by atoms with Crippen molar-refractivity contribution in [2.24, 2.45) is 5.10 Å². The van der Waals surface area contributed by atoms with Crippen LogP contribution < -0.4 is 25.0 Å². The van der Waals surface area contributed by atoms with Crippen LogP contribution in [0.25, 0.3) is 10.1 Å². The first-order valence-electron chi connectivity index (χ1n) is 13.5. The number of anilines is 1. The van der Waals surface area contributed by atoms with Crippen LogP contribution in [0.5, 0.6) is 17.2 Å². The van der Waals surface area contributed by atoms with E-state index in [2.05, 4.69) is 15.8 Å². The summed E-state index contributed by atoms with van der Waals surface area (Å²) in [5.41, 5.74) is 4.24. The van der Waals surface area contributed by atoms with Gasteiger partial charge in [-0.2, -0.15) is 5.10 Å². The maximum Gasteiger partial charge on any atom is 0.343 e. The van der Waals surface area contributed by atoms with Crippen LogP contribution in [-0.2, 0) is 0 Å². The summed E-state index contributed by atoms with van der Waals surface area (Å²) in [7, 11) is 1.54. The molecule has 4 aromatic carbocycles. The summed E-state index contributed by atoms with van der Waals surface area (Å²) in [5.74, 6) is -0.167. The van der Waals surface area contributed by atoms with Gasteiger partial charge in [-0.05, 0) is 91.3 Å². The van der Waals surface area contributed by atoms with Crippen LogP contribution in [0.4, 0.5) is 5.69 Å². The van der Waals surface area contributed by atoms with Gasteiger partial charge in [-0.15, -0.1) is 11.3 Å². The minimum atomic E-state index is -0.549. The van der Waals surface area contributed by atoms with E-state index in [1.54, 1.807) is 92.0 Å². The van der Waals surface area contributed by atoms with E-state index in [1.165, 1.54) is 17.6 Å². The van der Waals surface area contributed by atoms with Gasteiger partial charge in [0.05, 0.1) is 30.5 Å². The van der Waals surface area contributed by atoms with Gasteiger partial charge in [-0.3, -0.25) is 9.59 Å². The van der Waals surface area contributed by atoms with Crippen molar-refractivity contribution in [1.82, 2.24) is 5.43 Å². The molecule has 0 radical (unpaired) electrons. The standard InChI is InChI=1S/C33H25Cl2N3O6S/c1-3-43-27-16-19(4-15-26(27)44-33(41)21-7-12-24(42-2)13-8-21)18-36-38-31(39)20-5-10-23(11-6-20)37-32(40)30-29(35)25-14-9-22(34)17-28(25)45-30/h4-18H,3H2,1-2H3,(H,37,40)(H,38,39)/b36-18-. The molecule has 0 saturated heterocycles. The molecule has 0 spiro atoms. The Bertz CT molecular complexity index is 1910. The molecule has 45 heavy (non-hydrogen) atoms. The van der Waals surface area contributed by atoms with Crippen molar-refractivity contribution in [3.8, 4) is 17.2 Å². The first-order valence-corrected chi connectivity index (χ1v) is 15.1. The normalized spacial score (nSPS) is 10.9. The van der Waals surface area contributed by atoms with E-state index in [9.17, 15) is 14.4 Å². The number of esters is 1. The van der Waals surface area contributed by atoms with Crippen molar-refractivity contribution in [3.05, 3.63) is 117 Å². The first kappa shape index (κ1) is 31.5. The summed E-state index contributed by atoms with van der Waals surface area (Å²) < 4.78 is 17.1. The third-order valence-electron chi connectivity index (χ3n) is 6.38. The van der Waals surface area contributed by atoms with Crippen molar-refractivity contribution in [3.63, 3.8) is 0 Å². The van der Waals surface area contributed by atoms with Crippen LogP contribution in [0, 0.1) is 0 Å². The van der Waals surface area contributed by atoms with E-state index in [1.807, 2.05) is 6.92 Å². The van der Waals surface area contributed by atoms with E-state index in [-0.39, 0.29) is 11.7 Å². The fraction of sp³-hybridized carbons (Fsp3) is 0.0909. The number of hydrogen-bond acceptors (Lipinski definition) is 8. The molecule has 9 nitrogen and oxygen atoms in total. The summed E-state index contributed by atoms with van der Waals surface area (Å²) in [4.78, 5) is 38.5. The molecule has 0 aliphatic heterocycles. The number of carbonyl (C=O) groups excluding carboxylic acids is 3. The van der Waals surface area contributed by atoms with Crippen LogP contribution in [0.15, 0.2) is 90.0 Å². The van der Waals surface area contributed by atoms with Gasteiger partial charge in [0, 0.05) is 26.4 Å². The zero-order valence-electron chi connectivity index (χ0n) is 23.9. The fourth-order valence-corrected chi connectivity index (χ4v) is 5.84. The van der Waals surface area contributed by atoms with Crippen molar-refractivity contribution >= 4 is 74.3 Å². The predicted octanol–water partition coefficient (Wildman–Crippen LogP) is 7.85. The minimum Gasteiger partial charge on any atom is -0.497 e. The van der Waals surface area contributed by atoms with Gasteiger partial charge in [-0.25, -0.2) is 10.2 Å². The highest BCUT2D eigenvalue weighted by atomic mass is 35.5. The second kappa shape index (κ2) is 14.3. The molecule has 0 unspecified atom stereocenters. The van der Waals surface area contributed by atoms with Gasteiger partial charge in [0.15, 0.2) is 11.5 Å². The first-order chi connectivity index (χ1) is 21.7. The molecule has 228 valence electrons. The molecule has 5 aromatic rings. The van der Waals surface area contributed by atoms with Crippen molar-refractivity contribution in [1.29, 1.82) is 0 Å². The molecule has 1 aromatic heterocycles.